The van der Waals surface area contributed by atoms with Gasteiger partial charge in [-0.05, 0) is 36.4 Å². The van der Waals surface area contributed by atoms with E-state index in [1.807, 2.05) is 0 Å². The van der Waals surface area contributed by atoms with E-state index in [4.69, 9.17) is 11.6 Å². The Morgan fingerprint density at radius 3 is 2.68 bits per heavy atom. The van der Waals surface area contributed by atoms with Crippen LogP contribution in [0.1, 0.15) is 0 Å². The molecule has 3 aromatic rings. The predicted molar refractivity (Wildman–Crippen MR) is 88.2 cm³/mol. The zero-order chi connectivity index (χ0) is 15.9. The summed E-state index contributed by atoms with van der Waals surface area (Å²) in [6.07, 6.45) is 1.35. The van der Waals surface area contributed by atoms with Gasteiger partial charge in [-0.15, -0.1) is 0 Å². The lowest BCUT2D eigenvalue weighted by Crippen LogP contribution is -2.13. The molecule has 22 heavy (non-hydrogen) atoms. The van der Waals surface area contributed by atoms with Crippen molar-refractivity contribution >= 4 is 54.1 Å². The average molecular weight is 404 g/mol. The predicted octanol–water partition coefficient (Wildman–Crippen LogP) is 4.52. The van der Waals surface area contributed by atoms with E-state index in [0.717, 1.165) is 0 Å². The van der Waals surface area contributed by atoms with Gasteiger partial charge >= 0.3 is 0 Å². The molecular weight excluding hydrogens is 395 g/mol. The minimum atomic E-state index is -3.92. The molecule has 0 aliphatic carbocycles. The molecular formula is C14H9BrClFN2O2S. The summed E-state index contributed by atoms with van der Waals surface area (Å²) in [7, 11) is -3.92. The minimum absolute atomic E-state index is 0.0292. The van der Waals surface area contributed by atoms with Crippen LogP contribution in [-0.4, -0.2) is 13.4 Å². The number of anilines is 1. The van der Waals surface area contributed by atoms with Crippen molar-refractivity contribution in [1.29, 1.82) is 0 Å². The quantitative estimate of drug-likeness (QED) is 0.675. The Kier molecular flexibility index (Phi) is 3.88. The molecule has 0 aliphatic heterocycles. The summed E-state index contributed by atoms with van der Waals surface area (Å²) in [5, 5.41) is 0.972. The lowest BCUT2D eigenvalue weighted by atomic mass is 10.2. The van der Waals surface area contributed by atoms with Crippen molar-refractivity contribution in [1.82, 2.24) is 4.98 Å². The molecule has 0 saturated carbocycles. The number of rotatable bonds is 3. The maximum atomic E-state index is 13.8. The molecule has 8 heteroatoms. The van der Waals surface area contributed by atoms with Crippen LogP contribution in [0, 0.1) is 5.82 Å². The Morgan fingerprint density at radius 1 is 1.18 bits per heavy atom. The zero-order valence-corrected chi connectivity index (χ0v) is 14.1. The van der Waals surface area contributed by atoms with Crippen LogP contribution in [0.3, 0.4) is 0 Å². The maximum Gasteiger partial charge on any atom is 0.264 e. The molecule has 0 atom stereocenters. The highest BCUT2D eigenvalue weighted by molar-refractivity contribution is 9.10. The molecule has 0 fully saturated rings. The largest absolute Gasteiger partial charge is 0.360 e. The van der Waals surface area contributed by atoms with Crippen molar-refractivity contribution in [2.45, 2.75) is 4.90 Å². The summed E-state index contributed by atoms with van der Waals surface area (Å²) in [6.45, 7) is 0. The third-order valence-electron chi connectivity index (χ3n) is 3.07. The van der Waals surface area contributed by atoms with Crippen LogP contribution in [0.25, 0.3) is 10.9 Å². The molecule has 114 valence electrons. The minimum Gasteiger partial charge on any atom is -0.360 e. The maximum absolute atomic E-state index is 13.8. The Hall–Kier alpha value is -1.57. The summed E-state index contributed by atoms with van der Waals surface area (Å²) >= 11 is 8.99. The van der Waals surface area contributed by atoms with Gasteiger partial charge in [0.05, 0.1) is 5.69 Å². The van der Waals surface area contributed by atoms with E-state index in [2.05, 4.69) is 25.6 Å². The number of benzene rings is 2. The van der Waals surface area contributed by atoms with Crippen LogP contribution in [0.2, 0.25) is 5.02 Å². The number of H-pyrrole nitrogens is 1. The summed E-state index contributed by atoms with van der Waals surface area (Å²) in [5.74, 6) is -0.666. The van der Waals surface area contributed by atoms with E-state index in [0.29, 0.717) is 20.4 Å². The van der Waals surface area contributed by atoms with Crippen molar-refractivity contribution in [2.75, 3.05) is 4.72 Å². The van der Waals surface area contributed by atoms with Gasteiger partial charge in [0.2, 0.25) is 0 Å². The van der Waals surface area contributed by atoms with Crippen LogP contribution in [-0.2, 0) is 10.0 Å². The SMILES string of the molecule is O=S(=O)(Nc1ccc(Br)cc1F)c1c[nH]c2cc(Cl)ccc12. The number of hydrogen-bond acceptors (Lipinski definition) is 2. The van der Waals surface area contributed by atoms with Gasteiger partial charge in [0, 0.05) is 26.6 Å². The summed E-state index contributed by atoms with van der Waals surface area (Å²) in [4.78, 5) is 2.87. The number of fused-ring (bicyclic) bond motifs is 1. The molecule has 0 spiro atoms. The lowest BCUT2D eigenvalue weighted by molar-refractivity contribution is 0.599. The zero-order valence-electron chi connectivity index (χ0n) is 10.9. The number of aromatic nitrogens is 1. The molecule has 1 aromatic heterocycles. The molecule has 0 radical (unpaired) electrons. The average Bonchev–Trinajstić information content (AvgIpc) is 2.85. The highest BCUT2D eigenvalue weighted by Gasteiger charge is 2.20. The third-order valence-corrected chi connectivity index (χ3v) is 5.20. The summed E-state index contributed by atoms with van der Waals surface area (Å²) in [6, 6.07) is 8.90. The van der Waals surface area contributed by atoms with Gasteiger partial charge in [-0.1, -0.05) is 27.5 Å². The Bertz CT molecular complexity index is 972. The van der Waals surface area contributed by atoms with Crippen LogP contribution < -0.4 is 4.72 Å². The van der Waals surface area contributed by atoms with Gasteiger partial charge in [0.1, 0.15) is 10.7 Å². The fraction of sp³-hybridized carbons (Fsp3) is 0. The summed E-state index contributed by atoms with van der Waals surface area (Å²) in [5.41, 5.74) is 0.468. The number of hydrogen-bond donors (Lipinski definition) is 2. The number of halogens is 3. The molecule has 0 amide bonds. The van der Waals surface area contributed by atoms with Gasteiger partial charge in [-0.2, -0.15) is 0 Å². The molecule has 0 saturated heterocycles. The second-order valence-corrected chi connectivity index (χ2v) is 7.58. The Balaban J connectivity index is 2.05. The van der Waals surface area contributed by atoms with E-state index in [9.17, 15) is 12.8 Å². The first-order chi connectivity index (χ1) is 10.4. The van der Waals surface area contributed by atoms with Gasteiger partial charge in [0.25, 0.3) is 10.0 Å². The van der Waals surface area contributed by atoms with Crippen LogP contribution in [0.15, 0.2) is 52.0 Å². The molecule has 3 rings (SSSR count). The number of nitrogens with one attached hydrogen (secondary N) is 2. The fourth-order valence-corrected chi connectivity index (χ4v) is 3.82. The van der Waals surface area contributed by atoms with Crippen LogP contribution in [0.4, 0.5) is 10.1 Å². The molecule has 0 bridgehead atoms. The van der Waals surface area contributed by atoms with Gasteiger partial charge in [-0.25, -0.2) is 12.8 Å². The van der Waals surface area contributed by atoms with Gasteiger partial charge in [-0.3, -0.25) is 4.72 Å². The third kappa shape index (κ3) is 2.84. The van der Waals surface area contributed by atoms with Gasteiger partial charge in [0.15, 0.2) is 0 Å². The van der Waals surface area contributed by atoms with Crippen LogP contribution >= 0.6 is 27.5 Å². The second kappa shape index (κ2) is 5.57. The molecule has 0 aliphatic rings. The van der Waals surface area contributed by atoms with Crippen LogP contribution in [0.5, 0.6) is 0 Å². The first-order valence-corrected chi connectivity index (χ1v) is 8.77. The highest BCUT2D eigenvalue weighted by atomic mass is 79.9. The smallest absolute Gasteiger partial charge is 0.264 e. The highest BCUT2D eigenvalue weighted by Crippen LogP contribution is 2.28. The number of sulfonamides is 1. The van der Waals surface area contributed by atoms with Crippen molar-refractivity contribution in [3.05, 3.63) is 57.9 Å². The van der Waals surface area contributed by atoms with E-state index < -0.39 is 15.8 Å². The Morgan fingerprint density at radius 2 is 1.95 bits per heavy atom. The van der Waals surface area contributed by atoms with E-state index in [-0.39, 0.29) is 10.6 Å². The normalized spacial score (nSPS) is 11.8. The lowest BCUT2D eigenvalue weighted by Gasteiger charge is -2.08. The molecule has 1 heterocycles. The number of aromatic amines is 1. The molecule has 4 nitrogen and oxygen atoms in total. The standard InChI is InChI=1S/C14H9BrClFN2O2S/c15-8-1-4-12(11(17)5-8)19-22(20,21)14-7-18-13-6-9(16)2-3-10(13)14/h1-7,18-19H. The monoisotopic (exact) mass is 402 g/mol. The van der Waals surface area contributed by atoms with Crippen molar-refractivity contribution in [2.24, 2.45) is 0 Å². The van der Waals surface area contributed by atoms with Crippen molar-refractivity contribution in [3.8, 4) is 0 Å². The van der Waals surface area contributed by atoms with E-state index >= 15 is 0 Å². The molecule has 2 aromatic carbocycles. The fourth-order valence-electron chi connectivity index (χ4n) is 2.07. The van der Waals surface area contributed by atoms with Gasteiger partial charge < -0.3 is 4.98 Å². The van der Waals surface area contributed by atoms with Crippen molar-refractivity contribution < 1.29 is 12.8 Å². The van der Waals surface area contributed by atoms with E-state index in [1.165, 1.54) is 18.3 Å². The first-order valence-electron chi connectivity index (χ1n) is 6.11. The van der Waals surface area contributed by atoms with Crippen molar-refractivity contribution in [3.63, 3.8) is 0 Å². The Labute approximate surface area is 139 Å². The topological polar surface area (TPSA) is 62.0 Å². The molecule has 0 unspecified atom stereocenters. The first kappa shape index (κ1) is 15.3. The van der Waals surface area contributed by atoms with E-state index in [1.54, 1.807) is 24.3 Å². The summed E-state index contributed by atoms with van der Waals surface area (Å²) < 4.78 is 41.5. The molecule has 2 N–H and O–H groups in total. The second-order valence-electron chi connectivity index (χ2n) is 4.57.